The van der Waals surface area contributed by atoms with Crippen LogP contribution in [0.3, 0.4) is 0 Å². The van der Waals surface area contributed by atoms with Crippen LogP contribution in [-0.2, 0) is 32.9 Å². The van der Waals surface area contributed by atoms with Gasteiger partial charge in [-0.25, -0.2) is 0 Å². The van der Waals surface area contributed by atoms with Gasteiger partial charge in [0, 0.05) is 19.8 Å². The molecule has 0 atom stereocenters. The number of hydrogen-bond acceptors (Lipinski definition) is 3. The summed E-state index contributed by atoms with van der Waals surface area (Å²) in [6, 6.07) is 4.05. The molecule has 21 heavy (non-hydrogen) atoms. The van der Waals surface area contributed by atoms with Crippen LogP contribution in [-0.4, -0.2) is 26.0 Å². The molecule has 4 nitrogen and oxygen atoms in total. The molecule has 0 spiro atoms. The number of benzene rings is 1. The molecule has 1 amide bonds. The number of carbonyl (C=O) groups excluding carboxylic acids is 1. The average molecular weight is 314 g/mol. The fraction of sp³-hybridized carbons (Fsp3) is 0.562. The minimum Gasteiger partial charge on any atom is -0.380 e. The Morgan fingerprint density at radius 3 is 2.29 bits per heavy atom. The Kier molecular flexibility index (Phi) is 6.65. The van der Waals surface area contributed by atoms with Gasteiger partial charge in [0.05, 0.1) is 18.9 Å². The van der Waals surface area contributed by atoms with Gasteiger partial charge in [0.1, 0.15) is 5.88 Å². The zero-order valence-corrected chi connectivity index (χ0v) is 14.1. The van der Waals surface area contributed by atoms with E-state index in [1.54, 1.807) is 14.2 Å². The first-order chi connectivity index (χ1) is 9.85. The lowest BCUT2D eigenvalue weighted by atomic mass is 9.83. The monoisotopic (exact) mass is 313 g/mol. The Morgan fingerprint density at radius 2 is 1.81 bits per heavy atom. The largest absolute Gasteiger partial charge is 0.380 e. The maximum absolute atomic E-state index is 11.8. The zero-order valence-electron chi connectivity index (χ0n) is 13.4. The van der Waals surface area contributed by atoms with E-state index in [1.807, 2.05) is 12.1 Å². The first kappa shape index (κ1) is 18.0. The molecular formula is C16H24ClNO3. The molecule has 0 aromatic heterocycles. The van der Waals surface area contributed by atoms with Gasteiger partial charge in [-0.3, -0.25) is 4.79 Å². The Hall–Kier alpha value is -1.10. The number of methoxy groups -OCH3 is 2. The summed E-state index contributed by atoms with van der Waals surface area (Å²) in [6.07, 6.45) is 0. The summed E-state index contributed by atoms with van der Waals surface area (Å²) in [6.45, 7) is 7.18. The van der Waals surface area contributed by atoms with Gasteiger partial charge in [-0.2, -0.15) is 0 Å². The van der Waals surface area contributed by atoms with Gasteiger partial charge in [-0.1, -0.05) is 32.9 Å². The van der Waals surface area contributed by atoms with Crippen molar-refractivity contribution in [1.29, 1.82) is 0 Å². The lowest BCUT2D eigenvalue weighted by molar-refractivity contribution is -0.113. The molecule has 0 aliphatic rings. The molecular weight excluding hydrogens is 290 g/mol. The second-order valence-electron chi connectivity index (χ2n) is 5.92. The second-order valence-corrected chi connectivity index (χ2v) is 6.19. The normalized spacial score (nSPS) is 11.5. The Balaban J connectivity index is 3.45. The van der Waals surface area contributed by atoms with E-state index in [2.05, 4.69) is 26.1 Å². The van der Waals surface area contributed by atoms with Crippen LogP contribution in [0.5, 0.6) is 0 Å². The van der Waals surface area contributed by atoms with E-state index in [1.165, 1.54) is 0 Å². The molecule has 0 aliphatic heterocycles. The number of nitrogens with one attached hydrogen (secondary N) is 1. The first-order valence-corrected chi connectivity index (χ1v) is 7.37. The minimum absolute atomic E-state index is 0.0789. The minimum atomic E-state index is -0.228. The fourth-order valence-electron chi connectivity index (χ4n) is 2.23. The van der Waals surface area contributed by atoms with Gasteiger partial charge in [0.25, 0.3) is 0 Å². The second kappa shape index (κ2) is 7.78. The van der Waals surface area contributed by atoms with Gasteiger partial charge in [-0.05, 0) is 16.5 Å². The van der Waals surface area contributed by atoms with Crippen molar-refractivity contribution in [2.75, 3.05) is 25.4 Å². The third kappa shape index (κ3) is 4.70. The van der Waals surface area contributed by atoms with E-state index in [0.717, 1.165) is 22.4 Å². The van der Waals surface area contributed by atoms with Crippen LogP contribution in [0.15, 0.2) is 12.1 Å². The maximum Gasteiger partial charge on any atom is 0.239 e. The highest BCUT2D eigenvalue weighted by molar-refractivity contribution is 6.29. The van der Waals surface area contributed by atoms with Crippen LogP contribution in [0, 0.1) is 0 Å². The van der Waals surface area contributed by atoms with E-state index in [9.17, 15) is 4.79 Å². The van der Waals surface area contributed by atoms with Crippen molar-refractivity contribution in [3.05, 3.63) is 28.8 Å². The summed E-state index contributed by atoms with van der Waals surface area (Å²) in [4.78, 5) is 11.8. The number of hydrogen-bond donors (Lipinski definition) is 1. The molecule has 0 unspecified atom stereocenters. The summed E-state index contributed by atoms with van der Waals surface area (Å²) >= 11 is 5.63. The Morgan fingerprint density at radius 1 is 1.19 bits per heavy atom. The van der Waals surface area contributed by atoms with Crippen molar-refractivity contribution >= 4 is 23.2 Å². The lowest BCUT2D eigenvalue weighted by Crippen LogP contribution is -2.22. The van der Waals surface area contributed by atoms with Crippen molar-refractivity contribution in [3.8, 4) is 0 Å². The van der Waals surface area contributed by atoms with E-state index in [0.29, 0.717) is 13.2 Å². The highest BCUT2D eigenvalue weighted by Gasteiger charge is 2.23. The summed E-state index contributed by atoms with van der Waals surface area (Å²) in [5.74, 6) is -0.307. The summed E-state index contributed by atoms with van der Waals surface area (Å²) in [5, 5.41) is 2.91. The highest BCUT2D eigenvalue weighted by atomic mass is 35.5. The quantitative estimate of drug-likeness (QED) is 0.818. The standard InChI is InChI=1S/C16H24ClNO3/c1-16(2,3)13-7-6-11(9-20-4)12(10-21-5)15(13)18-14(19)8-17/h6-7H,8-10H2,1-5H3,(H,18,19). The van der Waals surface area contributed by atoms with E-state index in [4.69, 9.17) is 21.1 Å². The van der Waals surface area contributed by atoms with E-state index < -0.39 is 0 Å². The number of alkyl halides is 1. The highest BCUT2D eigenvalue weighted by Crippen LogP contribution is 2.35. The van der Waals surface area contributed by atoms with E-state index in [-0.39, 0.29) is 17.2 Å². The molecule has 118 valence electrons. The molecule has 0 fully saturated rings. The van der Waals surface area contributed by atoms with Crippen LogP contribution in [0.25, 0.3) is 0 Å². The van der Waals surface area contributed by atoms with Crippen molar-refractivity contribution < 1.29 is 14.3 Å². The molecule has 1 aromatic carbocycles. The molecule has 1 aromatic rings. The smallest absolute Gasteiger partial charge is 0.239 e. The number of carbonyl (C=O) groups is 1. The predicted molar refractivity (Wildman–Crippen MR) is 85.9 cm³/mol. The molecule has 0 saturated carbocycles. The van der Waals surface area contributed by atoms with Crippen LogP contribution >= 0.6 is 11.6 Å². The maximum atomic E-state index is 11.8. The molecule has 0 bridgehead atoms. The molecule has 0 aliphatic carbocycles. The summed E-state index contributed by atoms with van der Waals surface area (Å²) in [7, 11) is 3.28. The topological polar surface area (TPSA) is 47.6 Å². The molecule has 1 rings (SSSR count). The Labute approximate surface area is 131 Å². The fourth-order valence-corrected chi connectivity index (χ4v) is 2.30. The van der Waals surface area contributed by atoms with Crippen molar-refractivity contribution in [2.24, 2.45) is 0 Å². The van der Waals surface area contributed by atoms with Gasteiger partial charge in [-0.15, -0.1) is 11.6 Å². The SMILES string of the molecule is COCc1ccc(C(C)(C)C)c(NC(=O)CCl)c1COC. The van der Waals surface area contributed by atoms with E-state index >= 15 is 0 Å². The number of rotatable bonds is 6. The van der Waals surface area contributed by atoms with Crippen LogP contribution in [0.1, 0.15) is 37.5 Å². The molecule has 5 heteroatoms. The van der Waals surface area contributed by atoms with Crippen molar-refractivity contribution in [3.63, 3.8) is 0 Å². The average Bonchev–Trinajstić information content (AvgIpc) is 2.41. The first-order valence-electron chi connectivity index (χ1n) is 6.84. The lowest BCUT2D eigenvalue weighted by Gasteiger charge is -2.26. The molecule has 0 radical (unpaired) electrons. The van der Waals surface area contributed by atoms with Gasteiger partial charge in [0.15, 0.2) is 0 Å². The van der Waals surface area contributed by atoms with Crippen LogP contribution in [0.2, 0.25) is 0 Å². The van der Waals surface area contributed by atoms with Gasteiger partial charge >= 0.3 is 0 Å². The molecule has 0 heterocycles. The number of ether oxygens (including phenoxy) is 2. The number of halogens is 1. The Bertz CT molecular complexity index is 495. The third-order valence-electron chi connectivity index (χ3n) is 3.19. The van der Waals surface area contributed by atoms with Crippen molar-refractivity contribution in [1.82, 2.24) is 0 Å². The number of anilines is 1. The summed E-state index contributed by atoms with van der Waals surface area (Å²) < 4.78 is 10.5. The van der Waals surface area contributed by atoms with Gasteiger partial charge < -0.3 is 14.8 Å². The van der Waals surface area contributed by atoms with Crippen LogP contribution < -0.4 is 5.32 Å². The number of amides is 1. The molecule has 1 N–H and O–H groups in total. The predicted octanol–water partition coefficient (Wildman–Crippen LogP) is 3.45. The van der Waals surface area contributed by atoms with Gasteiger partial charge in [0.2, 0.25) is 5.91 Å². The zero-order chi connectivity index (χ0) is 16.0. The van der Waals surface area contributed by atoms with Crippen molar-refractivity contribution in [2.45, 2.75) is 39.4 Å². The van der Waals surface area contributed by atoms with Crippen LogP contribution in [0.4, 0.5) is 5.69 Å². The third-order valence-corrected chi connectivity index (χ3v) is 3.43. The summed E-state index contributed by atoms with van der Waals surface area (Å²) in [5.41, 5.74) is 3.66. The molecule has 0 saturated heterocycles.